The quantitative estimate of drug-likeness (QED) is 0.130. The van der Waals surface area contributed by atoms with Crippen molar-refractivity contribution in [1.82, 2.24) is 29.8 Å². The molecule has 4 heterocycles. The number of halogens is 1. The topological polar surface area (TPSA) is 173 Å². The van der Waals surface area contributed by atoms with Gasteiger partial charge in [0.25, 0.3) is 0 Å². The fourth-order valence-corrected chi connectivity index (χ4v) is 6.28. The molecule has 0 saturated carbocycles. The monoisotopic (exact) mass is 675 g/mol. The number of nitrogen functional groups attached to an aromatic ring is 1. The van der Waals surface area contributed by atoms with Crippen molar-refractivity contribution in [2.45, 2.75) is 42.9 Å². The van der Waals surface area contributed by atoms with E-state index in [1.54, 1.807) is 6.07 Å². The van der Waals surface area contributed by atoms with Gasteiger partial charge in [0, 0.05) is 33.7 Å². The van der Waals surface area contributed by atoms with Gasteiger partial charge < -0.3 is 24.7 Å². The summed E-state index contributed by atoms with van der Waals surface area (Å²) in [7, 11) is 0. The number of fused-ring (bicyclic) bond motifs is 3. The Bertz CT molecular complexity index is 1760. The van der Waals surface area contributed by atoms with E-state index in [0.29, 0.717) is 64.4 Å². The van der Waals surface area contributed by atoms with E-state index in [9.17, 15) is 10.1 Å². The molecule has 3 aromatic heterocycles. The second-order valence-corrected chi connectivity index (χ2v) is 11.3. The fraction of sp³-hybridized carbons (Fsp3) is 0.292. The Hall–Kier alpha value is -3.93. The van der Waals surface area contributed by atoms with Crippen LogP contribution in [-0.4, -0.2) is 54.1 Å². The van der Waals surface area contributed by atoms with Crippen LogP contribution in [-0.2, 0) is 6.54 Å². The Labute approximate surface area is 244 Å². The first-order chi connectivity index (χ1) is 19.3. The number of nitrogens with two attached hydrogens (primary N) is 1. The van der Waals surface area contributed by atoms with Gasteiger partial charge in [0.1, 0.15) is 6.33 Å². The molecule has 0 atom stereocenters. The SMILES string of the molecule is CC(C)N(CCCn1c(Sc2cc3c(cc2I)OCO3)nc2c(N)ncnc21)c1ccc([N+](=O)[O-])c2nonc12. The van der Waals surface area contributed by atoms with Crippen molar-refractivity contribution < 1.29 is 19.0 Å². The number of hydrogen-bond acceptors (Lipinski definition) is 13. The Morgan fingerprint density at radius 3 is 2.73 bits per heavy atom. The number of aromatic nitrogens is 6. The molecule has 40 heavy (non-hydrogen) atoms. The van der Waals surface area contributed by atoms with Gasteiger partial charge in [0.2, 0.25) is 12.3 Å². The zero-order valence-electron chi connectivity index (χ0n) is 21.3. The average Bonchev–Trinajstić information content (AvgIpc) is 3.66. The van der Waals surface area contributed by atoms with E-state index in [1.807, 2.05) is 30.5 Å². The average molecular weight is 675 g/mol. The number of aryl methyl sites for hydroxylation is 1. The number of ether oxygens (including phenoxy) is 2. The van der Waals surface area contributed by atoms with Gasteiger partial charge in [0.15, 0.2) is 39.2 Å². The lowest BCUT2D eigenvalue weighted by Gasteiger charge is -2.29. The smallest absolute Gasteiger partial charge is 0.300 e. The van der Waals surface area contributed by atoms with E-state index in [2.05, 4.69) is 47.8 Å². The number of imidazole rings is 1. The number of nitrogens with zero attached hydrogens (tertiary/aromatic N) is 8. The molecule has 0 spiro atoms. The third-order valence-corrected chi connectivity index (χ3v) is 8.75. The Balaban J connectivity index is 1.29. The van der Waals surface area contributed by atoms with Gasteiger partial charge in [0.05, 0.1) is 10.6 Å². The van der Waals surface area contributed by atoms with Crippen LogP contribution >= 0.6 is 34.4 Å². The minimum absolute atomic E-state index is 0.0721. The lowest BCUT2D eigenvalue weighted by molar-refractivity contribution is -0.383. The highest BCUT2D eigenvalue weighted by Gasteiger charge is 2.25. The molecule has 0 unspecified atom stereocenters. The zero-order valence-corrected chi connectivity index (χ0v) is 24.2. The van der Waals surface area contributed by atoms with Gasteiger partial charge in [-0.25, -0.2) is 19.6 Å². The summed E-state index contributed by atoms with van der Waals surface area (Å²) < 4.78 is 19.0. The van der Waals surface area contributed by atoms with Crippen LogP contribution in [0.2, 0.25) is 0 Å². The summed E-state index contributed by atoms with van der Waals surface area (Å²) in [6, 6.07) is 7.08. The molecular formula is C24H22IN9O5S. The van der Waals surface area contributed by atoms with Crippen molar-refractivity contribution in [1.29, 1.82) is 0 Å². The molecule has 16 heteroatoms. The summed E-state index contributed by atoms with van der Waals surface area (Å²) in [6.07, 6.45) is 2.13. The summed E-state index contributed by atoms with van der Waals surface area (Å²) in [5.41, 5.74) is 8.36. The van der Waals surface area contributed by atoms with E-state index in [1.165, 1.54) is 24.2 Å². The maximum absolute atomic E-state index is 11.4. The molecule has 0 fully saturated rings. The number of benzene rings is 2. The molecule has 6 rings (SSSR count). The van der Waals surface area contributed by atoms with Gasteiger partial charge in [-0.15, -0.1) is 0 Å². The van der Waals surface area contributed by atoms with Gasteiger partial charge >= 0.3 is 5.69 Å². The normalized spacial score (nSPS) is 12.6. The lowest BCUT2D eigenvalue weighted by Crippen LogP contribution is -2.32. The number of nitro groups is 1. The van der Waals surface area contributed by atoms with Gasteiger partial charge in [-0.3, -0.25) is 10.1 Å². The molecule has 2 N–H and O–H groups in total. The van der Waals surface area contributed by atoms with E-state index < -0.39 is 4.92 Å². The molecule has 1 aliphatic rings. The minimum Gasteiger partial charge on any atom is -0.454 e. The Kier molecular flexibility index (Phi) is 6.95. The van der Waals surface area contributed by atoms with Crippen molar-refractivity contribution in [3.8, 4) is 11.5 Å². The van der Waals surface area contributed by atoms with Crippen molar-refractivity contribution in [2.75, 3.05) is 24.0 Å². The van der Waals surface area contributed by atoms with Crippen LogP contribution in [0.15, 0.2) is 45.3 Å². The van der Waals surface area contributed by atoms with Crippen LogP contribution in [0.25, 0.3) is 22.2 Å². The van der Waals surface area contributed by atoms with Gasteiger partial charge in [-0.1, -0.05) is 11.8 Å². The van der Waals surface area contributed by atoms with Gasteiger partial charge in [-0.05, 0) is 71.4 Å². The maximum atomic E-state index is 11.4. The first-order valence-electron chi connectivity index (χ1n) is 12.2. The third kappa shape index (κ3) is 4.70. The maximum Gasteiger partial charge on any atom is 0.300 e. The molecule has 0 aliphatic carbocycles. The number of hydrogen-bond donors (Lipinski definition) is 1. The van der Waals surface area contributed by atoms with Crippen LogP contribution in [0.5, 0.6) is 11.5 Å². The van der Waals surface area contributed by atoms with Crippen molar-refractivity contribution in [3.63, 3.8) is 0 Å². The predicted octanol–water partition coefficient (Wildman–Crippen LogP) is 4.64. The minimum atomic E-state index is -0.492. The van der Waals surface area contributed by atoms with Crippen molar-refractivity contribution >= 4 is 73.7 Å². The van der Waals surface area contributed by atoms with Crippen molar-refractivity contribution in [3.05, 3.63) is 44.3 Å². The third-order valence-electron chi connectivity index (χ3n) is 6.44. The van der Waals surface area contributed by atoms with Crippen LogP contribution in [0.1, 0.15) is 20.3 Å². The number of anilines is 2. The largest absolute Gasteiger partial charge is 0.454 e. The van der Waals surface area contributed by atoms with Crippen LogP contribution in [0.3, 0.4) is 0 Å². The highest BCUT2D eigenvalue weighted by atomic mass is 127. The molecule has 5 aromatic rings. The number of nitro benzene ring substituents is 1. The fourth-order valence-electron chi connectivity index (χ4n) is 4.56. The molecule has 0 radical (unpaired) electrons. The summed E-state index contributed by atoms with van der Waals surface area (Å²) in [5, 5.41) is 19.9. The van der Waals surface area contributed by atoms with E-state index in [0.717, 1.165) is 8.47 Å². The standard InChI is InChI=1S/C24H22IN9O5S/c1-12(2)32(14-4-5-15(34(35)36)20-19(14)30-39-31-20)6-3-7-33-23-21(22(26)27-10-28-23)29-24(33)40-18-9-17-16(8-13(18)25)37-11-38-17/h4-5,8-10,12H,3,6-7,11H2,1-2H3,(H2,26,27,28). The second kappa shape index (κ2) is 10.6. The van der Waals surface area contributed by atoms with Crippen LogP contribution in [0.4, 0.5) is 17.2 Å². The zero-order chi connectivity index (χ0) is 28.0. The molecule has 0 amide bonds. The molecule has 14 nitrogen and oxygen atoms in total. The predicted molar refractivity (Wildman–Crippen MR) is 155 cm³/mol. The van der Waals surface area contributed by atoms with E-state index >= 15 is 0 Å². The first kappa shape index (κ1) is 26.3. The molecule has 0 bridgehead atoms. The highest BCUT2D eigenvalue weighted by molar-refractivity contribution is 14.1. The summed E-state index contributed by atoms with van der Waals surface area (Å²) in [4.78, 5) is 27.4. The molecule has 2 aromatic carbocycles. The highest BCUT2D eigenvalue weighted by Crippen LogP contribution is 2.42. The summed E-state index contributed by atoms with van der Waals surface area (Å²) >= 11 is 3.75. The summed E-state index contributed by atoms with van der Waals surface area (Å²) in [5.74, 6) is 1.71. The molecule has 0 saturated heterocycles. The Morgan fingerprint density at radius 1 is 1.18 bits per heavy atom. The second-order valence-electron chi connectivity index (χ2n) is 9.18. The molecule has 206 valence electrons. The van der Waals surface area contributed by atoms with Crippen molar-refractivity contribution in [2.24, 2.45) is 0 Å². The van der Waals surface area contributed by atoms with Crippen LogP contribution in [0, 0.1) is 13.7 Å². The lowest BCUT2D eigenvalue weighted by atomic mass is 10.1. The van der Waals surface area contributed by atoms with E-state index in [4.69, 9.17) is 24.8 Å². The Morgan fingerprint density at radius 2 is 1.95 bits per heavy atom. The first-order valence-corrected chi connectivity index (χ1v) is 14.1. The van der Waals surface area contributed by atoms with E-state index in [-0.39, 0.29) is 24.0 Å². The number of rotatable bonds is 9. The van der Waals surface area contributed by atoms with Crippen LogP contribution < -0.4 is 20.1 Å². The van der Waals surface area contributed by atoms with Gasteiger partial charge in [-0.2, -0.15) is 0 Å². The molecular weight excluding hydrogens is 653 g/mol. The molecule has 1 aliphatic heterocycles. The number of non-ortho nitro benzene ring substituents is 1. The summed E-state index contributed by atoms with van der Waals surface area (Å²) in [6.45, 7) is 5.48.